The van der Waals surface area contributed by atoms with Crippen LogP contribution >= 0.6 is 35.4 Å². The number of aryl methyl sites for hydroxylation is 2. The fraction of sp³-hybridized carbons (Fsp3) is 0.185. The van der Waals surface area contributed by atoms with Gasteiger partial charge in [-0.15, -0.1) is 0 Å². The lowest BCUT2D eigenvalue weighted by Gasteiger charge is -2.29. The van der Waals surface area contributed by atoms with Gasteiger partial charge in [0.2, 0.25) is 0 Å². The molecule has 3 heterocycles. The number of hydrogen-bond donors (Lipinski definition) is 2. The Labute approximate surface area is 219 Å². The molecule has 2 N–H and O–H groups in total. The number of nitrogens with zero attached hydrogens (tertiary/aromatic N) is 3. The first-order chi connectivity index (χ1) is 16.8. The number of aromatic nitrogens is 2. The Balaban J connectivity index is 1.73. The number of pyridine rings is 1. The summed E-state index contributed by atoms with van der Waals surface area (Å²) in [5, 5.41) is 15.9. The molecule has 35 heavy (non-hydrogen) atoms. The maximum Gasteiger partial charge on any atom is 0.174 e. The smallest absolute Gasteiger partial charge is 0.174 e. The van der Waals surface area contributed by atoms with Crippen molar-refractivity contribution >= 4 is 46.2 Å². The number of halogens is 2. The number of hydrogen-bond acceptors (Lipinski definition) is 3. The molecule has 0 radical (unpaired) electrons. The van der Waals surface area contributed by atoms with E-state index in [1.165, 1.54) is 0 Å². The summed E-state index contributed by atoms with van der Waals surface area (Å²) in [6.07, 6.45) is 1.77. The van der Waals surface area contributed by atoms with Gasteiger partial charge in [-0.05, 0) is 92.6 Å². The second kappa shape index (κ2) is 9.19. The quantitative estimate of drug-likeness (QED) is 0.283. The normalized spacial score (nSPS) is 17.6. The highest BCUT2D eigenvalue weighted by Crippen LogP contribution is 2.46. The minimum Gasteiger partial charge on any atom is -0.506 e. The molecule has 5 nitrogen and oxygen atoms in total. The molecule has 0 amide bonds. The van der Waals surface area contributed by atoms with E-state index in [-0.39, 0.29) is 17.8 Å². The molecular weight excluding hydrogens is 499 g/mol. The number of aromatic hydroxyl groups is 1. The molecule has 1 fully saturated rings. The van der Waals surface area contributed by atoms with E-state index in [1.807, 2.05) is 41.3 Å². The number of phenols is 1. The van der Waals surface area contributed by atoms with Crippen molar-refractivity contribution in [3.8, 4) is 11.4 Å². The van der Waals surface area contributed by atoms with Crippen molar-refractivity contribution in [1.29, 1.82) is 0 Å². The highest BCUT2D eigenvalue weighted by Gasteiger charge is 2.43. The number of benzene rings is 2. The van der Waals surface area contributed by atoms with Gasteiger partial charge in [-0.25, -0.2) is 0 Å². The molecule has 5 rings (SSSR count). The molecule has 1 aliphatic heterocycles. The largest absolute Gasteiger partial charge is 0.506 e. The summed E-state index contributed by atoms with van der Waals surface area (Å²) in [4.78, 5) is 6.56. The molecule has 2 atom stereocenters. The van der Waals surface area contributed by atoms with E-state index in [2.05, 4.69) is 41.7 Å². The van der Waals surface area contributed by atoms with Gasteiger partial charge in [0, 0.05) is 33.3 Å². The minimum atomic E-state index is -0.277. The SMILES string of the molecule is Cc1ccc(Cl)cc1-n1c(C)cc([C@H]2[C@H](c3ccccn3)NC(=S)N2c2cc(Cl)ccc2O)c1C. The van der Waals surface area contributed by atoms with Crippen LogP contribution in [0.5, 0.6) is 5.75 Å². The van der Waals surface area contributed by atoms with E-state index in [4.69, 9.17) is 35.4 Å². The number of thiocarbonyl (C=S) groups is 1. The second-order valence-corrected chi connectivity index (χ2v) is 9.98. The van der Waals surface area contributed by atoms with Crippen molar-refractivity contribution in [1.82, 2.24) is 14.9 Å². The minimum absolute atomic E-state index is 0.102. The van der Waals surface area contributed by atoms with Crippen LogP contribution in [0.2, 0.25) is 10.0 Å². The Morgan fingerprint density at radius 1 is 0.943 bits per heavy atom. The van der Waals surface area contributed by atoms with Crippen LogP contribution in [-0.4, -0.2) is 19.8 Å². The summed E-state index contributed by atoms with van der Waals surface area (Å²) in [5.74, 6) is 0.102. The molecule has 1 aliphatic rings. The van der Waals surface area contributed by atoms with Crippen LogP contribution in [0.25, 0.3) is 5.69 Å². The Bertz CT molecular complexity index is 1440. The summed E-state index contributed by atoms with van der Waals surface area (Å²) >= 11 is 18.5. The Morgan fingerprint density at radius 3 is 2.37 bits per heavy atom. The van der Waals surface area contributed by atoms with Gasteiger partial charge in [0.1, 0.15) is 5.75 Å². The first-order valence-electron chi connectivity index (χ1n) is 11.2. The lowest BCUT2D eigenvalue weighted by atomic mass is 9.96. The first-order valence-corrected chi connectivity index (χ1v) is 12.4. The monoisotopic (exact) mass is 522 g/mol. The highest BCUT2D eigenvalue weighted by atomic mass is 35.5. The van der Waals surface area contributed by atoms with Crippen LogP contribution in [0, 0.1) is 20.8 Å². The third-order valence-corrected chi connectivity index (χ3v) is 7.28. The van der Waals surface area contributed by atoms with Crippen molar-refractivity contribution in [2.45, 2.75) is 32.9 Å². The van der Waals surface area contributed by atoms with Gasteiger partial charge in [-0.2, -0.15) is 0 Å². The van der Waals surface area contributed by atoms with E-state index in [1.54, 1.807) is 24.4 Å². The molecule has 0 spiro atoms. The zero-order valence-corrected chi connectivity index (χ0v) is 21.8. The maximum atomic E-state index is 10.8. The van der Waals surface area contributed by atoms with Crippen LogP contribution in [0.3, 0.4) is 0 Å². The molecule has 0 bridgehead atoms. The predicted molar refractivity (Wildman–Crippen MR) is 146 cm³/mol. The van der Waals surface area contributed by atoms with Crippen LogP contribution in [-0.2, 0) is 0 Å². The first kappa shape index (κ1) is 23.7. The maximum absolute atomic E-state index is 10.8. The summed E-state index contributed by atoms with van der Waals surface area (Å²) in [5.41, 5.74) is 6.72. The average Bonchev–Trinajstić information content (AvgIpc) is 3.33. The molecular formula is C27H24Cl2N4OS. The molecule has 8 heteroatoms. The Hall–Kier alpha value is -3.06. The molecule has 178 valence electrons. The van der Waals surface area contributed by atoms with Crippen molar-refractivity contribution in [2.75, 3.05) is 4.90 Å². The van der Waals surface area contributed by atoms with E-state index >= 15 is 0 Å². The van der Waals surface area contributed by atoms with Crippen LogP contribution < -0.4 is 10.2 Å². The molecule has 0 aliphatic carbocycles. The fourth-order valence-electron chi connectivity index (χ4n) is 4.90. The van der Waals surface area contributed by atoms with Crippen molar-refractivity contribution in [3.63, 3.8) is 0 Å². The topological polar surface area (TPSA) is 53.3 Å². The van der Waals surface area contributed by atoms with Gasteiger partial charge in [0.05, 0.1) is 23.5 Å². The average molecular weight is 523 g/mol. The highest BCUT2D eigenvalue weighted by molar-refractivity contribution is 7.80. The molecule has 2 aromatic carbocycles. The van der Waals surface area contributed by atoms with E-state index in [9.17, 15) is 5.11 Å². The van der Waals surface area contributed by atoms with Gasteiger partial charge in [0.25, 0.3) is 0 Å². The Kier molecular flexibility index (Phi) is 6.21. The Morgan fingerprint density at radius 2 is 1.66 bits per heavy atom. The van der Waals surface area contributed by atoms with Gasteiger partial charge in [-0.1, -0.05) is 35.3 Å². The van der Waals surface area contributed by atoms with Crippen LogP contribution in [0.15, 0.2) is 66.9 Å². The van der Waals surface area contributed by atoms with Gasteiger partial charge in [-0.3, -0.25) is 4.98 Å². The van der Waals surface area contributed by atoms with Crippen molar-refractivity contribution in [2.24, 2.45) is 0 Å². The molecule has 0 unspecified atom stereocenters. The molecule has 4 aromatic rings. The molecule has 0 saturated carbocycles. The standard InChI is InChI=1S/C27H24Cl2N4OS/c1-15-7-8-18(28)13-22(15)32-16(2)12-20(17(32)3)26-25(21-6-4-5-11-30-21)31-27(35)33(26)23-14-19(29)9-10-24(23)34/h4-14,25-26,34H,1-3H3,(H,31,35)/t25-,26-/m0/s1. The lowest BCUT2D eigenvalue weighted by Crippen LogP contribution is -2.29. The lowest BCUT2D eigenvalue weighted by molar-refractivity contribution is 0.472. The van der Waals surface area contributed by atoms with Crippen molar-refractivity contribution < 1.29 is 5.11 Å². The summed E-state index contributed by atoms with van der Waals surface area (Å²) in [6.45, 7) is 6.24. The summed E-state index contributed by atoms with van der Waals surface area (Å²) in [7, 11) is 0. The van der Waals surface area contributed by atoms with E-state index < -0.39 is 0 Å². The number of rotatable bonds is 4. The molecule has 1 saturated heterocycles. The van der Waals surface area contributed by atoms with Crippen LogP contribution in [0.4, 0.5) is 5.69 Å². The van der Waals surface area contributed by atoms with Gasteiger partial charge >= 0.3 is 0 Å². The second-order valence-electron chi connectivity index (χ2n) is 8.72. The molecule has 2 aromatic heterocycles. The van der Waals surface area contributed by atoms with E-state index in [0.29, 0.717) is 20.8 Å². The fourth-order valence-corrected chi connectivity index (χ4v) is 5.57. The third kappa shape index (κ3) is 4.16. The zero-order valence-electron chi connectivity index (χ0n) is 19.5. The van der Waals surface area contributed by atoms with Crippen molar-refractivity contribution in [3.05, 3.63) is 105 Å². The number of phenolic OH excluding ortho intramolecular Hbond substituents is 1. The summed E-state index contributed by atoms with van der Waals surface area (Å²) in [6, 6.07) is 18.4. The predicted octanol–water partition coefficient (Wildman–Crippen LogP) is 6.99. The number of anilines is 1. The van der Waals surface area contributed by atoms with Gasteiger partial charge in [0.15, 0.2) is 5.11 Å². The van der Waals surface area contributed by atoms with E-state index in [0.717, 1.165) is 33.9 Å². The van der Waals surface area contributed by atoms with Crippen LogP contribution in [0.1, 0.15) is 40.3 Å². The third-order valence-electron chi connectivity index (χ3n) is 6.50. The zero-order chi connectivity index (χ0) is 24.9. The summed E-state index contributed by atoms with van der Waals surface area (Å²) < 4.78 is 2.21. The number of nitrogens with one attached hydrogen (secondary N) is 1. The van der Waals surface area contributed by atoms with Gasteiger partial charge < -0.3 is 19.9 Å².